The molecule has 0 heterocycles. The molecule has 0 fully saturated rings. The Bertz CT molecular complexity index is 699. The van der Waals surface area contributed by atoms with Crippen LogP contribution >= 0.6 is 15.9 Å². The summed E-state index contributed by atoms with van der Waals surface area (Å²) >= 11 is 3.25. The van der Waals surface area contributed by atoms with E-state index >= 15 is 0 Å². The fourth-order valence-electron chi connectivity index (χ4n) is 1.80. The van der Waals surface area contributed by atoms with Crippen molar-refractivity contribution in [3.05, 3.63) is 58.6 Å². The van der Waals surface area contributed by atoms with Crippen LogP contribution in [-0.4, -0.2) is 20.8 Å². The Hall–Kier alpha value is -1.37. The van der Waals surface area contributed by atoms with Gasteiger partial charge in [-0.2, -0.15) is 0 Å². The van der Waals surface area contributed by atoms with Gasteiger partial charge < -0.3 is 10.5 Å². The van der Waals surface area contributed by atoms with Gasteiger partial charge in [-0.25, -0.2) is 8.42 Å². The lowest BCUT2D eigenvalue weighted by atomic mass is 10.2. The first-order valence-corrected chi connectivity index (χ1v) is 8.86. The second kappa shape index (κ2) is 7.06. The normalized spacial score (nSPS) is 11.3. The zero-order chi connectivity index (χ0) is 15.3. The molecule has 4 nitrogen and oxygen atoms in total. The van der Waals surface area contributed by atoms with Crippen LogP contribution in [0.3, 0.4) is 0 Å². The number of nitrogens with two attached hydrogens (primary N) is 1. The highest BCUT2D eigenvalue weighted by Gasteiger charge is 2.17. The summed E-state index contributed by atoms with van der Waals surface area (Å²) in [5.74, 6) is 0.559. The fraction of sp³-hybridized carbons (Fsp3) is 0.200. The van der Waals surface area contributed by atoms with Crippen LogP contribution in [0.2, 0.25) is 0 Å². The Balaban J connectivity index is 1.97. The van der Waals surface area contributed by atoms with Crippen molar-refractivity contribution in [1.82, 2.24) is 0 Å². The van der Waals surface area contributed by atoms with Crippen LogP contribution in [0.15, 0.2) is 57.9 Å². The first kappa shape index (κ1) is 16.0. The Labute approximate surface area is 133 Å². The van der Waals surface area contributed by atoms with Crippen LogP contribution < -0.4 is 10.5 Å². The summed E-state index contributed by atoms with van der Waals surface area (Å²) in [5, 5.41) is 0. The van der Waals surface area contributed by atoms with E-state index in [0.29, 0.717) is 16.8 Å². The Morgan fingerprint density at radius 1 is 1.05 bits per heavy atom. The summed E-state index contributed by atoms with van der Waals surface area (Å²) in [5.41, 5.74) is 6.51. The minimum absolute atomic E-state index is 0.0751. The average Bonchev–Trinajstić information content (AvgIpc) is 2.48. The van der Waals surface area contributed by atoms with Crippen molar-refractivity contribution in [3.8, 4) is 5.75 Å². The first-order chi connectivity index (χ1) is 10.0. The maximum absolute atomic E-state index is 12.2. The van der Waals surface area contributed by atoms with E-state index in [2.05, 4.69) is 15.9 Å². The number of hydrogen-bond acceptors (Lipinski definition) is 4. The molecule has 0 bridgehead atoms. The van der Waals surface area contributed by atoms with E-state index in [1.165, 1.54) is 0 Å². The van der Waals surface area contributed by atoms with Gasteiger partial charge in [0.05, 0.1) is 10.6 Å². The highest BCUT2D eigenvalue weighted by Crippen LogP contribution is 2.22. The summed E-state index contributed by atoms with van der Waals surface area (Å²) in [6, 6.07) is 14.0. The van der Waals surface area contributed by atoms with E-state index in [9.17, 15) is 8.42 Å². The monoisotopic (exact) mass is 369 g/mol. The number of sulfone groups is 1. The third-order valence-electron chi connectivity index (χ3n) is 2.95. The summed E-state index contributed by atoms with van der Waals surface area (Å²) in [6.45, 7) is 0.572. The van der Waals surface area contributed by atoms with E-state index in [-0.39, 0.29) is 17.3 Å². The summed E-state index contributed by atoms with van der Waals surface area (Å²) in [6.07, 6.45) is 0. The zero-order valence-electron chi connectivity index (χ0n) is 11.3. The molecule has 2 rings (SSSR count). The SMILES string of the molecule is NCc1ccc(OCCS(=O)(=O)c2ccccc2Br)cc1. The highest BCUT2D eigenvalue weighted by atomic mass is 79.9. The molecule has 2 aromatic rings. The standard InChI is InChI=1S/C15H16BrNO3S/c16-14-3-1-2-4-15(14)21(18,19)10-9-20-13-7-5-12(11-17)6-8-13/h1-8H,9-11,17H2. The minimum atomic E-state index is -3.37. The molecule has 21 heavy (non-hydrogen) atoms. The smallest absolute Gasteiger partial charge is 0.182 e. The van der Waals surface area contributed by atoms with Crippen LogP contribution in [0, 0.1) is 0 Å². The van der Waals surface area contributed by atoms with Crippen LogP contribution in [0.5, 0.6) is 5.75 Å². The molecular formula is C15H16BrNO3S. The van der Waals surface area contributed by atoms with Crippen molar-refractivity contribution >= 4 is 25.8 Å². The number of halogens is 1. The van der Waals surface area contributed by atoms with E-state index in [1.54, 1.807) is 36.4 Å². The molecule has 2 N–H and O–H groups in total. The summed E-state index contributed by atoms with van der Waals surface area (Å²) < 4.78 is 30.5. The van der Waals surface area contributed by atoms with Crippen molar-refractivity contribution in [3.63, 3.8) is 0 Å². The Morgan fingerprint density at radius 3 is 2.33 bits per heavy atom. The van der Waals surface area contributed by atoms with Crippen LogP contribution in [-0.2, 0) is 16.4 Å². The van der Waals surface area contributed by atoms with Crippen molar-refractivity contribution in [2.45, 2.75) is 11.4 Å². The molecule has 112 valence electrons. The van der Waals surface area contributed by atoms with Gasteiger partial charge in [0.1, 0.15) is 12.4 Å². The maximum atomic E-state index is 12.2. The number of hydrogen-bond donors (Lipinski definition) is 1. The minimum Gasteiger partial charge on any atom is -0.493 e. The van der Waals surface area contributed by atoms with Crippen molar-refractivity contribution < 1.29 is 13.2 Å². The summed E-state index contributed by atoms with van der Waals surface area (Å²) in [4.78, 5) is 0.284. The van der Waals surface area contributed by atoms with Gasteiger partial charge in [-0.05, 0) is 45.8 Å². The third kappa shape index (κ3) is 4.30. The first-order valence-electron chi connectivity index (χ1n) is 6.42. The number of benzene rings is 2. The molecule has 2 aromatic carbocycles. The van der Waals surface area contributed by atoms with Crippen LogP contribution in [0.25, 0.3) is 0 Å². The van der Waals surface area contributed by atoms with E-state index in [0.717, 1.165) is 5.56 Å². The molecule has 0 amide bonds. The van der Waals surface area contributed by atoms with Gasteiger partial charge in [-0.1, -0.05) is 24.3 Å². The second-order valence-corrected chi connectivity index (χ2v) is 7.38. The van der Waals surface area contributed by atoms with Gasteiger partial charge in [0.15, 0.2) is 9.84 Å². The van der Waals surface area contributed by atoms with Gasteiger partial charge in [0.25, 0.3) is 0 Å². The zero-order valence-corrected chi connectivity index (χ0v) is 13.7. The molecule has 0 aliphatic rings. The van der Waals surface area contributed by atoms with Crippen molar-refractivity contribution in [2.24, 2.45) is 5.73 Å². The van der Waals surface area contributed by atoms with Crippen LogP contribution in [0.1, 0.15) is 5.56 Å². The Kier molecular flexibility index (Phi) is 5.39. The molecule has 0 spiro atoms. The molecule has 0 unspecified atom stereocenters. The van der Waals surface area contributed by atoms with Crippen LogP contribution in [0.4, 0.5) is 0 Å². The molecule has 0 aliphatic heterocycles. The quantitative estimate of drug-likeness (QED) is 0.849. The maximum Gasteiger partial charge on any atom is 0.182 e. The van der Waals surface area contributed by atoms with Crippen molar-refractivity contribution in [2.75, 3.05) is 12.4 Å². The van der Waals surface area contributed by atoms with Crippen molar-refractivity contribution in [1.29, 1.82) is 0 Å². The van der Waals surface area contributed by atoms with E-state index < -0.39 is 9.84 Å². The molecule has 0 aliphatic carbocycles. The predicted molar refractivity (Wildman–Crippen MR) is 86.0 cm³/mol. The van der Waals surface area contributed by atoms with Gasteiger partial charge in [-0.3, -0.25) is 0 Å². The van der Waals surface area contributed by atoms with Gasteiger partial charge in [-0.15, -0.1) is 0 Å². The number of ether oxygens (including phenoxy) is 1. The largest absolute Gasteiger partial charge is 0.493 e. The molecule has 6 heteroatoms. The molecule has 0 atom stereocenters. The molecular weight excluding hydrogens is 354 g/mol. The molecule has 0 radical (unpaired) electrons. The van der Waals surface area contributed by atoms with E-state index in [1.807, 2.05) is 12.1 Å². The number of rotatable bonds is 6. The fourth-order valence-corrected chi connectivity index (χ4v) is 4.00. The molecule has 0 aromatic heterocycles. The second-order valence-electron chi connectivity index (χ2n) is 4.45. The molecule has 0 saturated carbocycles. The predicted octanol–water partition coefficient (Wildman–Crippen LogP) is 2.76. The lowest BCUT2D eigenvalue weighted by Gasteiger charge is -2.09. The van der Waals surface area contributed by atoms with Gasteiger partial charge >= 0.3 is 0 Å². The topological polar surface area (TPSA) is 69.4 Å². The lowest BCUT2D eigenvalue weighted by molar-refractivity contribution is 0.340. The molecule has 0 saturated heterocycles. The Morgan fingerprint density at radius 2 is 1.71 bits per heavy atom. The third-order valence-corrected chi connectivity index (χ3v) is 5.64. The van der Waals surface area contributed by atoms with Gasteiger partial charge in [0.2, 0.25) is 0 Å². The highest BCUT2D eigenvalue weighted by molar-refractivity contribution is 9.10. The van der Waals surface area contributed by atoms with Gasteiger partial charge in [0, 0.05) is 11.0 Å². The van der Waals surface area contributed by atoms with E-state index in [4.69, 9.17) is 10.5 Å². The average molecular weight is 370 g/mol. The lowest BCUT2D eigenvalue weighted by Crippen LogP contribution is -2.14. The summed E-state index contributed by atoms with van der Waals surface area (Å²) in [7, 11) is -3.37.